The van der Waals surface area contributed by atoms with Crippen molar-refractivity contribution in [2.45, 2.75) is 6.61 Å². The number of thiophene rings is 1. The molecular formula is C9H10N2OS. The van der Waals surface area contributed by atoms with Gasteiger partial charge in [-0.05, 0) is 18.2 Å². The summed E-state index contributed by atoms with van der Waals surface area (Å²) >= 11 is 1.59. The highest BCUT2D eigenvalue weighted by molar-refractivity contribution is 7.15. The van der Waals surface area contributed by atoms with Crippen LogP contribution in [0.3, 0.4) is 0 Å². The SMILES string of the molecule is Cn1nccc1-c1ccc(CO)s1. The minimum Gasteiger partial charge on any atom is -0.391 e. The maximum absolute atomic E-state index is 8.91. The monoisotopic (exact) mass is 194 g/mol. The first kappa shape index (κ1) is 8.47. The minimum atomic E-state index is 0.114. The van der Waals surface area contributed by atoms with E-state index in [9.17, 15) is 0 Å². The number of nitrogens with zero attached hydrogens (tertiary/aromatic N) is 2. The summed E-state index contributed by atoms with van der Waals surface area (Å²) in [6.45, 7) is 0.114. The number of rotatable bonds is 2. The van der Waals surface area contributed by atoms with Gasteiger partial charge in [-0.2, -0.15) is 5.10 Å². The van der Waals surface area contributed by atoms with Crippen LogP contribution in [0, 0.1) is 0 Å². The smallest absolute Gasteiger partial charge is 0.0778 e. The van der Waals surface area contributed by atoms with E-state index < -0.39 is 0 Å². The Labute approximate surface area is 80.3 Å². The van der Waals surface area contributed by atoms with Crippen molar-refractivity contribution in [1.82, 2.24) is 9.78 Å². The number of aromatic nitrogens is 2. The van der Waals surface area contributed by atoms with Gasteiger partial charge < -0.3 is 5.11 Å². The van der Waals surface area contributed by atoms with Gasteiger partial charge in [-0.1, -0.05) is 0 Å². The van der Waals surface area contributed by atoms with Crippen molar-refractivity contribution < 1.29 is 5.11 Å². The second kappa shape index (κ2) is 3.32. The van der Waals surface area contributed by atoms with Crippen LogP contribution >= 0.6 is 11.3 Å². The standard InChI is InChI=1S/C9H10N2OS/c1-11-8(4-5-10-11)9-3-2-7(6-12)13-9/h2-5,12H,6H2,1H3. The lowest BCUT2D eigenvalue weighted by Crippen LogP contribution is -1.90. The highest BCUT2D eigenvalue weighted by atomic mass is 32.1. The van der Waals surface area contributed by atoms with E-state index in [0.717, 1.165) is 15.4 Å². The van der Waals surface area contributed by atoms with Crippen LogP contribution in [0.5, 0.6) is 0 Å². The first-order chi connectivity index (χ1) is 6.31. The van der Waals surface area contributed by atoms with Gasteiger partial charge in [0.1, 0.15) is 0 Å². The molecule has 3 nitrogen and oxygen atoms in total. The first-order valence-corrected chi connectivity index (χ1v) is 4.81. The molecule has 0 aliphatic heterocycles. The molecule has 0 spiro atoms. The summed E-state index contributed by atoms with van der Waals surface area (Å²) in [4.78, 5) is 2.13. The predicted molar refractivity (Wildman–Crippen MR) is 52.4 cm³/mol. The van der Waals surface area contributed by atoms with Crippen molar-refractivity contribution in [1.29, 1.82) is 0 Å². The maximum atomic E-state index is 8.91. The van der Waals surface area contributed by atoms with Crippen molar-refractivity contribution in [3.05, 3.63) is 29.3 Å². The van der Waals surface area contributed by atoms with Crippen LogP contribution in [0.1, 0.15) is 4.88 Å². The molecule has 0 unspecified atom stereocenters. The minimum absolute atomic E-state index is 0.114. The van der Waals surface area contributed by atoms with Gasteiger partial charge in [0.15, 0.2) is 0 Å². The third-order valence-corrected chi connectivity index (χ3v) is 2.98. The molecule has 0 atom stereocenters. The molecule has 0 amide bonds. The Hall–Kier alpha value is -1.13. The normalized spacial score (nSPS) is 10.6. The van der Waals surface area contributed by atoms with Crippen molar-refractivity contribution in [2.75, 3.05) is 0 Å². The van der Waals surface area contributed by atoms with Crippen molar-refractivity contribution >= 4 is 11.3 Å². The van der Waals surface area contributed by atoms with Gasteiger partial charge in [0, 0.05) is 18.1 Å². The Morgan fingerprint density at radius 2 is 2.31 bits per heavy atom. The molecule has 2 aromatic rings. The van der Waals surface area contributed by atoms with Gasteiger partial charge in [0.05, 0.1) is 17.2 Å². The molecule has 0 aliphatic rings. The second-order valence-electron chi connectivity index (χ2n) is 2.76. The van der Waals surface area contributed by atoms with E-state index in [2.05, 4.69) is 5.10 Å². The maximum Gasteiger partial charge on any atom is 0.0778 e. The van der Waals surface area contributed by atoms with Gasteiger partial charge in [-0.3, -0.25) is 4.68 Å². The Balaban J connectivity index is 2.41. The lowest BCUT2D eigenvalue weighted by Gasteiger charge is -1.96. The number of hydrogen-bond acceptors (Lipinski definition) is 3. The summed E-state index contributed by atoms with van der Waals surface area (Å²) in [7, 11) is 1.91. The van der Waals surface area contributed by atoms with Crippen LogP contribution in [-0.4, -0.2) is 14.9 Å². The molecule has 0 saturated carbocycles. The Morgan fingerprint density at radius 3 is 2.85 bits per heavy atom. The van der Waals surface area contributed by atoms with Gasteiger partial charge in [-0.25, -0.2) is 0 Å². The average molecular weight is 194 g/mol. The largest absolute Gasteiger partial charge is 0.391 e. The summed E-state index contributed by atoms with van der Waals surface area (Å²) in [5, 5.41) is 13.0. The third kappa shape index (κ3) is 1.50. The van der Waals surface area contributed by atoms with Crippen LogP contribution < -0.4 is 0 Å². The zero-order valence-corrected chi connectivity index (χ0v) is 8.08. The van der Waals surface area contributed by atoms with Gasteiger partial charge >= 0.3 is 0 Å². The van der Waals surface area contributed by atoms with Crippen molar-refractivity contribution in [3.63, 3.8) is 0 Å². The van der Waals surface area contributed by atoms with E-state index in [1.165, 1.54) is 0 Å². The molecule has 0 fully saturated rings. The average Bonchev–Trinajstić information content (AvgIpc) is 2.71. The number of aliphatic hydroxyl groups excluding tert-OH is 1. The number of hydrogen-bond donors (Lipinski definition) is 1. The zero-order chi connectivity index (χ0) is 9.26. The second-order valence-corrected chi connectivity index (χ2v) is 3.93. The van der Waals surface area contributed by atoms with Crippen molar-refractivity contribution in [3.8, 4) is 10.6 Å². The predicted octanol–water partition coefficient (Wildman–Crippen LogP) is 1.64. The van der Waals surface area contributed by atoms with Crippen LogP contribution in [-0.2, 0) is 13.7 Å². The van der Waals surface area contributed by atoms with E-state index >= 15 is 0 Å². The Kier molecular flexibility index (Phi) is 2.16. The Morgan fingerprint density at radius 1 is 1.46 bits per heavy atom. The number of aliphatic hydroxyl groups is 1. The molecule has 2 rings (SSSR count). The van der Waals surface area contributed by atoms with Crippen LogP contribution in [0.25, 0.3) is 10.6 Å². The van der Waals surface area contributed by atoms with E-state index in [1.54, 1.807) is 17.5 Å². The molecule has 0 bridgehead atoms. The summed E-state index contributed by atoms with van der Waals surface area (Å²) in [6.07, 6.45) is 1.77. The van der Waals surface area contributed by atoms with Gasteiger partial charge in [0.2, 0.25) is 0 Å². The lowest BCUT2D eigenvalue weighted by molar-refractivity contribution is 0.285. The van der Waals surface area contributed by atoms with E-state index in [0.29, 0.717) is 0 Å². The Bertz CT molecular complexity index is 405. The van der Waals surface area contributed by atoms with Crippen LogP contribution in [0.4, 0.5) is 0 Å². The summed E-state index contributed by atoms with van der Waals surface area (Å²) in [6, 6.07) is 5.91. The molecule has 0 aromatic carbocycles. The quantitative estimate of drug-likeness (QED) is 0.789. The van der Waals surface area contributed by atoms with E-state index in [-0.39, 0.29) is 6.61 Å². The molecule has 1 N–H and O–H groups in total. The van der Waals surface area contributed by atoms with Crippen LogP contribution in [0.15, 0.2) is 24.4 Å². The molecule has 0 saturated heterocycles. The summed E-state index contributed by atoms with van der Waals surface area (Å²) in [5.41, 5.74) is 1.09. The van der Waals surface area contributed by atoms with Gasteiger partial charge in [-0.15, -0.1) is 11.3 Å². The fourth-order valence-electron chi connectivity index (χ4n) is 1.22. The molecule has 0 aliphatic carbocycles. The molecule has 13 heavy (non-hydrogen) atoms. The third-order valence-electron chi connectivity index (χ3n) is 1.89. The van der Waals surface area contributed by atoms with Gasteiger partial charge in [0.25, 0.3) is 0 Å². The highest BCUT2D eigenvalue weighted by Crippen LogP contribution is 2.27. The molecular weight excluding hydrogens is 184 g/mol. The van der Waals surface area contributed by atoms with E-state index in [1.807, 2.05) is 29.9 Å². The first-order valence-electron chi connectivity index (χ1n) is 3.99. The topological polar surface area (TPSA) is 38.0 Å². The molecule has 2 heterocycles. The molecule has 4 heteroatoms. The lowest BCUT2D eigenvalue weighted by atomic mass is 10.3. The molecule has 2 aromatic heterocycles. The summed E-state index contributed by atoms with van der Waals surface area (Å²) in [5.74, 6) is 0. The van der Waals surface area contributed by atoms with Crippen LogP contribution in [0.2, 0.25) is 0 Å². The molecule has 0 radical (unpaired) electrons. The van der Waals surface area contributed by atoms with Crippen molar-refractivity contribution in [2.24, 2.45) is 7.05 Å². The summed E-state index contributed by atoms with van der Waals surface area (Å²) < 4.78 is 1.83. The fraction of sp³-hybridized carbons (Fsp3) is 0.222. The highest BCUT2D eigenvalue weighted by Gasteiger charge is 2.04. The zero-order valence-electron chi connectivity index (χ0n) is 7.27. The van der Waals surface area contributed by atoms with E-state index in [4.69, 9.17) is 5.11 Å². The number of aryl methyl sites for hydroxylation is 1. The molecule has 68 valence electrons. The fourth-order valence-corrected chi connectivity index (χ4v) is 2.14.